The third-order valence-corrected chi connectivity index (χ3v) is 4.77. The number of furan rings is 1. The predicted molar refractivity (Wildman–Crippen MR) is 108 cm³/mol. The molecule has 0 bridgehead atoms. The molecule has 1 aliphatic rings. The molecule has 0 spiro atoms. The first-order valence-electron chi connectivity index (χ1n) is 9.32. The van der Waals surface area contributed by atoms with Crippen molar-refractivity contribution in [3.63, 3.8) is 0 Å². The number of allylic oxidation sites excluding steroid dienone is 1. The molecule has 30 heavy (non-hydrogen) atoms. The quantitative estimate of drug-likeness (QED) is 0.575. The van der Waals surface area contributed by atoms with Gasteiger partial charge in [-0.3, -0.25) is 19.4 Å². The van der Waals surface area contributed by atoms with Gasteiger partial charge in [-0.15, -0.1) is 0 Å². The van der Waals surface area contributed by atoms with Crippen molar-refractivity contribution < 1.29 is 23.3 Å². The van der Waals surface area contributed by atoms with Gasteiger partial charge in [0.25, 0.3) is 11.8 Å². The third-order valence-electron chi connectivity index (χ3n) is 4.77. The Balaban J connectivity index is 1.60. The van der Waals surface area contributed by atoms with Crippen molar-refractivity contribution in [1.82, 2.24) is 10.5 Å². The number of nitrogens with zero attached hydrogens (tertiary/aromatic N) is 2. The molecule has 2 amide bonds. The van der Waals surface area contributed by atoms with Crippen LogP contribution in [0.25, 0.3) is 16.7 Å². The fraction of sp³-hybridized carbons (Fsp3) is 0.190. The number of fused-ring (bicyclic) bond motifs is 1. The maximum Gasteiger partial charge on any atom is 0.291 e. The fourth-order valence-corrected chi connectivity index (χ4v) is 3.29. The highest BCUT2D eigenvalue weighted by atomic mass is 16.5. The van der Waals surface area contributed by atoms with E-state index >= 15 is 0 Å². The summed E-state index contributed by atoms with van der Waals surface area (Å²) in [6, 6.07) is 6.05. The first-order valence-corrected chi connectivity index (χ1v) is 9.32. The molecule has 4 rings (SSSR count). The van der Waals surface area contributed by atoms with Crippen LogP contribution in [0.3, 0.4) is 0 Å². The van der Waals surface area contributed by atoms with Gasteiger partial charge in [-0.1, -0.05) is 29.4 Å². The monoisotopic (exact) mass is 406 g/mol. The first-order chi connectivity index (χ1) is 14.5. The number of hydrogen-bond acceptors (Lipinski definition) is 7. The van der Waals surface area contributed by atoms with Crippen molar-refractivity contribution in [3.8, 4) is 0 Å². The van der Waals surface area contributed by atoms with Crippen LogP contribution in [-0.4, -0.2) is 35.0 Å². The van der Waals surface area contributed by atoms with Gasteiger partial charge in [0.2, 0.25) is 11.5 Å². The number of hydrogen-bond donors (Lipinski definition) is 2. The lowest BCUT2D eigenvalue weighted by Crippen LogP contribution is -2.47. The molecule has 0 fully saturated rings. The molecule has 1 aromatic carbocycles. The van der Waals surface area contributed by atoms with Crippen LogP contribution >= 0.6 is 0 Å². The van der Waals surface area contributed by atoms with E-state index in [0.717, 1.165) is 18.2 Å². The molecule has 152 valence electrons. The second-order valence-corrected chi connectivity index (χ2v) is 6.76. The first kappa shape index (κ1) is 19.3. The van der Waals surface area contributed by atoms with Crippen molar-refractivity contribution >= 4 is 40.5 Å². The van der Waals surface area contributed by atoms with E-state index in [9.17, 15) is 14.4 Å². The van der Waals surface area contributed by atoms with Crippen LogP contribution in [0.2, 0.25) is 0 Å². The number of Topliss-reactive ketones (excluding diaryl/α,β-unsaturated/α-hetero) is 1. The van der Waals surface area contributed by atoms with Crippen molar-refractivity contribution in [2.75, 3.05) is 0 Å². The standard InChI is InChI=1S/C21H18N4O5/c22-20(27)18(26)16(9-12-11-29-17-7-2-1-5-13(12)17)25-21(28)19-14(10-24-30-19)15-6-3-4-8-23-15/h1-2,5-8,10-11,16H,3-4,9H2,(H2,22,27)(H,25,28). The van der Waals surface area contributed by atoms with Gasteiger partial charge in [-0.2, -0.15) is 0 Å². The maximum absolute atomic E-state index is 12.8. The minimum atomic E-state index is -1.20. The van der Waals surface area contributed by atoms with Gasteiger partial charge in [0, 0.05) is 23.6 Å². The van der Waals surface area contributed by atoms with E-state index in [2.05, 4.69) is 15.5 Å². The summed E-state index contributed by atoms with van der Waals surface area (Å²) in [5.41, 5.74) is 7.44. The summed E-state index contributed by atoms with van der Waals surface area (Å²) in [4.78, 5) is 41.0. The van der Waals surface area contributed by atoms with Gasteiger partial charge in [0.05, 0.1) is 23.7 Å². The largest absolute Gasteiger partial charge is 0.464 e. The zero-order chi connectivity index (χ0) is 21.1. The zero-order valence-corrected chi connectivity index (χ0v) is 15.8. The summed E-state index contributed by atoms with van der Waals surface area (Å²) in [5.74, 6) is -2.87. The molecule has 2 aromatic heterocycles. The highest BCUT2D eigenvalue weighted by Crippen LogP contribution is 2.24. The lowest BCUT2D eigenvalue weighted by atomic mass is 10.0. The molecular formula is C21H18N4O5. The molecule has 3 heterocycles. The molecule has 0 radical (unpaired) electrons. The normalized spacial score (nSPS) is 14.3. The smallest absolute Gasteiger partial charge is 0.291 e. The Bertz CT molecular complexity index is 1190. The molecule has 0 saturated carbocycles. The van der Waals surface area contributed by atoms with Crippen LogP contribution in [0, 0.1) is 0 Å². The average molecular weight is 406 g/mol. The molecule has 3 N–H and O–H groups in total. The number of ketones is 1. The SMILES string of the molecule is NC(=O)C(=O)C(Cc1coc2ccccc12)NC(=O)c1oncc1C1=CCCC=N1. The highest BCUT2D eigenvalue weighted by molar-refractivity contribution is 6.38. The summed E-state index contributed by atoms with van der Waals surface area (Å²) in [7, 11) is 0. The molecule has 3 aromatic rings. The number of aromatic nitrogens is 1. The third kappa shape index (κ3) is 3.77. The van der Waals surface area contributed by atoms with Crippen LogP contribution in [0.1, 0.15) is 34.5 Å². The number of nitrogens with two attached hydrogens (primary N) is 1. The van der Waals surface area contributed by atoms with E-state index in [1.165, 1.54) is 12.5 Å². The molecule has 9 nitrogen and oxygen atoms in total. The van der Waals surface area contributed by atoms with Gasteiger partial charge < -0.3 is 20.0 Å². The van der Waals surface area contributed by atoms with Crippen molar-refractivity contribution in [3.05, 3.63) is 59.7 Å². The van der Waals surface area contributed by atoms with Crippen molar-refractivity contribution in [2.45, 2.75) is 25.3 Å². The summed E-state index contributed by atoms with van der Waals surface area (Å²) < 4.78 is 10.6. The van der Waals surface area contributed by atoms with Crippen molar-refractivity contribution in [2.24, 2.45) is 10.7 Å². The van der Waals surface area contributed by atoms with Crippen molar-refractivity contribution in [1.29, 1.82) is 0 Å². The Hall–Kier alpha value is -4.01. The maximum atomic E-state index is 12.8. The van der Waals surface area contributed by atoms with E-state index in [4.69, 9.17) is 14.7 Å². The Kier molecular flexibility index (Phi) is 5.25. The number of benzene rings is 1. The number of rotatable bonds is 7. The van der Waals surface area contributed by atoms with E-state index < -0.39 is 23.6 Å². The van der Waals surface area contributed by atoms with Gasteiger partial charge in [-0.25, -0.2) is 0 Å². The van der Waals surface area contributed by atoms with E-state index in [0.29, 0.717) is 22.4 Å². The fourth-order valence-electron chi connectivity index (χ4n) is 3.29. The van der Waals surface area contributed by atoms with Gasteiger partial charge >= 0.3 is 0 Å². The molecule has 1 aliphatic heterocycles. The molecule has 9 heteroatoms. The number of carbonyl (C=O) groups excluding carboxylic acids is 3. The topological polar surface area (TPSA) is 141 Å². The minimum Gasteiger partial charge on any atom is -0.464 e. The molecular weight excluding hydrogens is 388 g/mol. The summed E-state index contributed by atoms with van der Waals surface area (Å²) in [6.45, 7) is 0. The average Bonchev–Trinajstić information content (AvgIpc) is 3.41. The zero-order valence-electron chi connectivity index (χ0n) is 15.8. The number of amides is 2. The predicted octanol–water partition coefficient (Wildman–Crippen LogP) is 2.02. The van der Waals surface area contributed by atoms with E-state index in [1.807, 2.05) is 24.3 Å². The summed E-state index contributed by atoms with van der Waals surface area (Å²) in [6.07, 6.45) is 8.10. The minimum absolute atomic E-state index is 0.0227. The van der Waals surface area contributed by atoms with E-state index in [1.54, 1.807) is 12.3 Å². The Labute approximate surface area is 170 Å². The second-order valence-electron chi connectivity index (χ2n) is 6.76. The molecule has 1 atom stereocenters. The van der Waals surface area contributed by atoms with Crippen LogP contribution in [0.4, 0.5) is 0 Å². The number of primary amides is 1. The molecule has 0 aliphatic carbocycles. The van der Waals surface area contributed by atoms with Crippen LogP contribution in [-0.2, 0) is 16.0 Å². The number of carbonyl (C=O) groups is 3. The number of nitrogens with one attached hydrogen (secondary N) is 1. The Morgan fingerprint density at radius 2 is 2.03 bits per heavy atom. The van der Waals surface area contributed by atoms with Gasteiger partial charge in [-0.05, 0) is 18.9 Å². The second kappa shape index (κ2) is 8.16. The van der Waals surface area contributed by atoms with Crippen LogP contribution < -0.4 is 11.1 Å². The Morgan fingerprint density at radius 3 is 2.80 bits per heavy atom. The highest BCUT2D eigenvalue weighted by Gasteiger charge is 2.30. The van der Waals surface area contributed by atoms with Gasteiger partial charge in [0.1, 0.15) is 11.6 Å². The lowest BCUT2D eigenvalue weighted by Gasteiger charge is -2.15. The summed E-state index contributed by atoms with van der Waals surface area (Å²) >= 11 is 0. The molecule has 0 saturated heterocycles. The van der Waals surface area contributed by atoms with Crippen LogP contribution in [0.15, 0.2) is 56.7 Å². The number of para-hydroxylation sites is 1. The van der Waals surface area contributed by atoms with E-state index in [-0.39, 0.29) is 12.2 Å². The lowest BCUT2D eigenvalue weighted by molar-refractivity contribution is -0.137. The Morgan fingerprint density at radius 1 is 1.20 bits per heavy atom. The summed E-state index contributed by atoms with van der Waals surface area (Å²) in [5, 5.41) is 6.99. The molecule has 1 unspecified atom stereocenters. The van der Waals surface area contributed by atoms with Gasteiger partial charge in [0.15, 0.2) is 0 Å². The number of aliphatic imine (C=N–C) groups is 1. The van der Waals surface area contributed by atoms with Crippen LogP contribution in [0.5, 0.6) is 0 Å².